The predicted molar refractivity (Wildman–Crippen MR) is 497 cm³/mol. The minimum absolute atomic E-state index is 0.250. The third-order valence-electron chi connectivity index (χ3n) is 45.6. The Morgan fingerprint density at radius 1 is 0.216 bits per heavy atom. The highest BCUT2D eigenvalue weighted by molar-refractivity contribution is 5.92. The first-order valence-corrected chi connectivity index (χ1v) is 55.9. The number of amides is 1. The van der Waals surface area contributed by atoms with Crippen molar-refractivity contribution in [3.63, 3.8) is 0 Å². The van der Waals surface area contributed by atoms with E-state index in [9.17, 15) is 38.4 Å². The molecule has 24 saturated carbocycles. The zero-order valence-electron chi connectivity index (χ0n) is 78.3. The number of allylic oxidation sites excluding steroid dienone is 2. The van der Waals surface area contributed by atoms with Gasteiger partial charge >= 0.3 is 0 Å². The lowest BCUT2D eigenvalue weighted by molar-refractivity contribution is -0.126. The summed E-state index contributed by atoms with van der Waals surface area (Å²) in [4.78, 5) is 87.3. The Labute approximate surface area is 758 Å². The maximum absolute atomic E-state index is 11.1. The van der Waals surface area contributed by atoms with Gasteiger partial charge in [-0.25, -0.2) is 0 Å². The van der Waals surface area contributed by atoms with E-state index in [1.165, 1.54) is 403 Å². The summed E-state index contributed by atoms with van der Waals surface area (Å²) in [7, 11) is 0. The summed E-state index contributed by atoms with van der Waals surface area (Å²) >= 11 is 0. The van der Waals surface area contributed by atoms with Crippen molar-refractivity contribution in [2.75, 3.05) is 0 Å². The number of carbonyl (C=O) groups excluding carboxylic acids is 8. The van der Waals surface area contributed by atoms with Crippen molar-refractivity contribution in [3.8, 4) is 0 Å². The van der Waals surface area contributed by atoms with Crippen LogP contribution in [0.25, 0.3) is 0 Å². The molecule has 0 spiro atoms. The molecule has 0 aromatic carbocycles. The summed E-state index contributed by atoms with van der Waals surface area (Å²) in [6, 6.07) is 0. The number of fused-ring (bicyclic) bond motifs is 30. The van der Waals surface area contributed by atoms with Gasteiger partial charge in [0.2, 0.25) is 6.10 Å². The summed E-state index contributed by atoms with van der Waals surface area (Å²) in [5, 5.41) is 0. The molecule has 25 aliphatic rings. The van der Waals surface area contributed by atoms with Crippen molar-refractivity contribution >= 4 is 49.9 Å². The highest BCUT2D eigenvalue weighted by Crippen LogP contribution is 2.66. The lowest BCUT2D eigenvalue weighted by Gasteiger charge is -2.52. The number of hydrogen-bond acceptors (Lipinski definition) is 9. The second-order valence-electron chi connectivity index (χ2n) is 49.9. The van der Waals surface area contributed by atoms with Gasteiger partial charge in [0.1, 0.15) is 44.0 Å². The average molecular weight is 1720 g/mol. The first-order valence-electron chi connectivity index (χ1n) is 55.9. The van der Waals surface area contributed by atoms with E-state index in [1.54, 1.807) is 38.5 Å². The number of aldehydes is 7. The molecule has 38 unspecified atom stereocenters. The molecule has 2 N–H and O–H groups in total. The van der Waals surface area contributed by atoms with Crippen molar-refractivity contribution in [1.82, 2.24) is 0 Å². The van der Waals surface area contributed by atoms with Gasteiger partial charge in [-0.15, -0.1) is 0 Å². The van der Waals surface area contributed by atoms with Crippen LogP contribution >= 0.6 is 0 Å². The van der Waals surface area contributed by atoms with Crippen LogP contribution in [0.15, 0.2) is 24.0 Å². The fraction of sp³-hybridized carbons (Fsp3) is 0.896. The monoisotopic (exact) mass is 1710 g/mol. The highest BCUT2D eigenvalue weighted by atomic mass is 16.5. The molecule has 0 bridgehead atoms. The summed E-state index contributed by atoms with van der Waals surface area (Å²) in [6.07, 6.45) is 97.8. The second-order valence-corrected chi connectivity index (χ2v) is 49.9. The van der Waals surface area contributed by atoms with Crippen LogP contribution in [0, 0.1) is 249 Å². The Balaban J connectivity index is 0.0000000959. The molecule has 1 aliphatic heterocycles. The molecule has 10 nitrogen and oxygen atoms in total. The van der Waals surface area contributed by atoms with E-state index in [0.29, 0.717) is 41.8 Å². The van der Waals surface area contributed by atoms with Gasteiger partial charge < -0.3 is 39.2 Å². The zero-order chi connectivity index (χ0) is 85.2. The molecule has 24 fully saturated rings. The topological polar surface area (TPSA) is 172 Å². The molecule has 694 valence electrons. The second kappa shape index (κ2) is 41.9. The molecule has 1 heterocycles. The minimum Gasteiger partial charge on any atom is -0.483 e. The van der Waals surface area contributed by atoms with Crippen molar-refractivity contribution in [2.45, 2.75) is 391 Å². The average Bonchev–Trinajstić information content (AvgIpc) is 1.77. The highest BCUT2D eigenvalue weighted by Gasteiger charge is 2.57. The van der Waals surface area contributed by atoms with Gasteiger partial charge in [-0.2, -0.15) is 0 Å². The van der Waals surface area contributed by atoms with Crippen molar-refractivity contribution in [2.24, 2.45) is 254 Å². The fourth-order valence-corrected chi connectivity index (χ4v) is 40.6. The van der Waals surface area contributed by atoms with Gasteiger partial charge in [-0.1, -0.05) is 77.0 Å². The van der Waals surface area contributed by atoms with E-state index in [-0.39, 0.29) is 5.57 Å². The third kappa shape index (κ3) is 19.4. The smallest absolute Gasteiger partial charge is 0.263 e. The van der Waals surface area contributed by atoms with Crippen molar-refractivity contribution in [3.05, 3.63) is 24.0 Å². The molecule has 10 heteroatoms. The number of ether oxygens (including phenoxy) is 1. The molecule has 125 heavy (non-hydrogen) atoms. The molecule has 0 saturated heterocycles. The lowest BCUT2D eigenvalue weighted by atomic mass is 9.53. The van der Waals surface area contributed by atoms with Crippen LogP contribution in [0.3, 0.4) is 0 Å². The Kier molecular flexibility index (Phi) is 30.4. The Morgan fingerprint density at radius 3 is 0.544 bits per heavy atom. The molecule has 24 aliphatic carbocycles. The van der Waals surface area contributed by atoms with Gasteiger partial charge in [0, 0.05) is 41.1 Å². The van der Waals surface area contributed by atoms with E-state index < -0.39 is 12.0 Å². The van der Waals surface area contributed by atoms with E-state index in [0.717, 1.165) is 213 Å². The Hall–Kier alpha value is -3.56. The first-order chi connectivity index (χ1) is 61.4. The van der Waals surface area contributed by atoms with Gasteiger partial charge in [0.15, 0.2) is 0 Å². The van der Waals surface area contributed by atoms with Gasteiger partial charge in [-0.05, 0) is 533 Å². The molecule has 0 aromatic heterocycles. The normalized spacial score (nSPS) is 50.2. The van der Waals surface area contributed by atoms with E-state index in [1.807, 2.05) is 0 Å². The molecule has 0 aromatic rings. The molecule has 25 rings (SSSR count). The number of nitrogens with two attached hydrogens (primary N) is 1. The molecular weight excluding hydrogens is 1540 g/mol. The number of carbonyl (C=O) groups is 8. The summed E-state index contributed by atoms with van der Waals surface area (Å²) in [6.45, 7) is 0. The quantitative estimate of drug-likeness (QED) is 0.232. The first kappa shape index (κ1) is 90.6. The largest absolute Gasteiger partial charge is 0.483 e. The van der Waals surface area contributed by atoms with Gasteiger partial charge in [0.05, 0.1) is 6.26 Å². The minimum atomic E-state index is -0.919. The molecule has 1 amide bonds. The number of primary amides is 1. The Morgan fingerprint density at radius 2 is 0.384 bits per heavy atom. The van der Waals surface area contributed by atoms with Gasteiger partial charge in [0.25, 0.3) is 5.91 Å². The van der Waals surface area contributed by atoms with Crippen LogP contribution in [-0.2, 0) is 43.1 Å². The SMILES string of the molecule is NC(=O)C1OC=CC=C1C=O.O=CC1CCC2C(CCC3C4CCCC4CCC23)C1.O=CC1CCC2C(CCC3C4CCCC4CCC23)C1.O=CC1CCC2C(CCC3C4CCCC4CCC23)C1.O=CC1CCC2C(CCC3C4CCCC4CCC23)C1.O=CC1CCC2C(CCC3C4CCCC4CCC23)C1.O=CC1CC[C@H]2C(CC[C@H]3[C@@H]4CCC[C@H]4CC[C@@H]32)C1. The molecule has 43 atom stereocenters. The standard InChI is InChI=1S/6C18H28O.C7H7NO3/c6*19-11-12-4-7-16-14(10-12)6-9-17-15-3-1-2-13(15)5-8-18(16)17;8-7(10)6-5(4-9)2-1-3-11-6/h6*11-18H,1-10H2;1-4,6H,(H2,8,10)/t12?,13-,14?,15+,16-,17-,18+;;;;;;/m0....../s1. The number of rotatable bonds is 8. The third-order valence-corrected chi connectivity index (χ3v) is 45.6. The van der Waals surface area contributed by atoms with Crippen LogP contribution in [0.2, 0.25) is 0 Å². The summed E-state index contributed by atoms with van der Waals surface area (Å²) < 4.78 is 4.79. The maximum atomic E-state index is 11.1. The van der Waals surface area contributed by atoms with Crippen LogP contribution < -0.4 is 5.73 Å². The van der Waals surface area contributed by atoms with Crippen LogP contribution in [0.4, 0.5) is 0 Å². The van der Waals surface area contributed by atoms with E-state index >= 15 is 0 Å². The predicted octanol–water partition coefficient (Wildman–Crippen LogP) is 26.2. The summed E-state index contributed by atoms with van der Waals surface area (Å²) in [5.41, 5.74) is 5.19. The van der Waals surface area contributed by atoms with Gasteiger partial charge in [-0.3, -0.25) is 9.59 Å². The van der Waals surface area contributed by atoms with Crippen molar-refractivity contribution in [1.29, 1.82) is 0 Å². The van der Waals surface area contributed by atoms with Crippen LogP contribution in [0.1, 0.15) is 385 Å². The Bertz CT molecular complexity index is 3110. The molecular formula is C115H175NO9. The maximum Gasteiger partial charge on any atom is 0.263 e. The fourth-order valence-electron chi connectivity index (χ4n) is 40.6. The number of hydrogen-bond donors (Lipinski definition) is 1. The van der Waals surface area contributed by atoms with E-state index in [2.05, 4.69) is 0 Å². The zero-order valence-corrected chi connectivity index (χ0v) is 78.3. The van der Waals surface area contributed by atoms with Crippen LogP contribution in [0.5, 0.6) is 0 Å². The van der Waals surface area contributed by atoms with Crippen LogP contribution in [-0.4, -0.2) is 56.0 Å². The lowest BCUT2D eigenvalue weighted by Crippen LogP contribution is -2.44. The summed E-state index contributed by atoms with van der Waals surface area (Å²) in [5.74, 6) is 39.1. The molecule has 0 radical (unpaired) electrons. The van der Waals surface area contributed by atoms with Crippen molar-refractivity contribution < 1.29 is 43.1 Å². The van der Waals surface area contributed by atoms with E-state index in [4.69, 9.17) is 10.5 Å².